The summed E-state index contributed by atoms with van der Waals surface area (Å²) in [4.78, 5) is 12.5. The quantitative estimate of drug-likeness (QED) is 0.843. The first-order chi connectivity index (χ1) is 10.2. The first kappa shape index (κ1) is 15.9. The summed E-state index contributed by atoms with van der Waals surface area (Å²) in [6.45, 7) is 1.76. The number of hydrogen-bond acceptors (Lipinski definition) is 3. The first-order valence-corrected chi connectivity index (χ1v) is 8.48. The Hall–Kier alpha value is -1.44. The molecule has 0 saturated heterocycles. The molecule has 112 valence electrons. The standard InChI is InChI=1S/C17H21NO2S/c1-12-8-9-13(5-4-10-19)14(11-12)17(20)18-15-6-3-7-16(15)21-2/h8-9,11,15-16,19H,3,6-7,10H2,1-2H3,(H,18,20). The number of carbonyl (C=O) groups excluding carboxylic acids is 1. The number of thioether (sulfide) groups is 1. The van der Waals surface area contributed by atoms with Gasteiger partial charge in [0, 0.05) is 16.9 Å². The van der Waals surface area contributed by atoms with E-state index in [-0.39, 0.29) is 18.6 Å². The van der Waals surface area contributed by atoms with Crippen LogP contribution in [0.3, 0.4) is 0 Å². The highest BCUT2D eigenvalue weighted by atomic mass is 32.2. The second-order valence-electron chi connectivity index (χ2n) is 5.29. The van der Waals surface area contributed by atoms with Crippen LogP contribution in [-0.2, 0) is 0 Å². The van der Waals surface area contributed by atoms with Gasteiger partial charge in [-0.1, -0.05) is 29.9 Å². The number of hydrogen-bond donors (Lipinski definition) is 2. The Kier molecular flexibility index (Phi) is 5.72. The van der Waals surface area contributed by atoms with Gasteiger partial charge in [-0.15, -0.1) is 0 Å². The van der Waals surface area contributed by atoms with E-state index < -0.39 is 0 Å². The summed E-state index contributed by atoms with van der Waals surface area (Å²) in [6, 6.07) is 5.87. The molecule has 1 aromatic rings. The summed E-state index contributed by atoms with van der Waals surface area (Å²) in [5.74, 6) is 5.41. The number of nitrogens with one attached hydrogen (secondary N) is 1. The molecule has 2 N–H and O–H groups in total. The Morgan fingerprint density at radius 1 is 1.48 bits per heavy atom. The molecule has 2 rings (SSSR count). The second kappa shape index (κ2) is 7.53. The van der Waals surface area contributed by atoms with Crippen LogP contribution in [0.5, 0.6) is 0 Å². The van der Waals surface area contributed by atoms with E-state index in [2.05, 4.69) is 23.4 Å². The lowest BCUT2D eigenvalue weighted by atomic mass is 10.0. The van der Waals surface area contributed by atoms with Gasteiger partial charge in [0.25, 0.3) is 5.91 Å². The predicted octanol–water partition coefficient (Wildman–Crippen LogP) is 2.35. The zero-order valence-electron chi connectivity index (χ0n) is 12.5. The molecular formula is C17H21NO2S. The van der Waals surface area contributed by atoms with Gasteiger partial charge in [0.2, 0.25) is 0 Å². The summed E-state index contributed by atoms with van der Waals surface area (Å²) in [5, 5.41) is 12.5. The van der Waals surface area contributed by atoms with Crippen LogP contribution < -0.4 is 5.32 Å². The Balaban J connectivity index is 2.20. The summed E-state index contributed by atoms with van der Waals surface area (Å²) in [7, 11) is 0. The van der Waals surface area contributed by atoms with E-state index in [0.717, 1.165) is 18.4 Å². The van der Waals surface area contributed by atoms with E-state index in [1.54, 1.807) is 0 Å². The van der Waals surface area contributed by atoms with Crippen molar-refractivity contribution in [3.8, 4) is 11.8 Å². The molecule has 0 aromatic heterocycles. The van der Waals surface area contributed by atoms with Crippen LogP contribution in [0.15, 0.2) is 18.2 Å². The summed E-state index contributed by atoms with van der Waals surface area (Å²) >= 11 is 1.82. The minimum atomic E-state index is -0.202. The maximum Gasteiger partial charge on any atom is 0.252 e. The van der Waals surface area contributed by atoms with Gasteiger partial charge >= 0.3 is 0 Å². The largest absolute Gasteiger partial charge is 0.384 e. The smallest absolute Gasteiger partial charge is 0.252 e. The van der Waals surface area contributed by atoms with E-state index in [0.29, 0.717) is 16.4 Å². The fourth-order valence-corrected chi connectivity index (χ4v) is 3.64. The average Bonchev–Trinajstić information content (AvgIpc) is 2.93. The van der Waals surface area contributed by atoms with E-state index in [1.807, 2.05) is 36.9 Å². The Morgan fingerprint density at radius 2 is 2.29 bits per heavy atom. The molecule has 2 atom stereocenters. The number of aliphatic hydroxyl groups is 1. The fourth-order valence-electron chi connectivity index (χ4n) is 2.71. The molecular weight excluding hydrogens is 282 g/mol. The van der Waals surface area contributed by atoms with Crippen molar-refractivity contribution in [2.75, 3.05) is 12.9 Å². The van der Waals surface area contributed by atoms with Gasteiger partial charge in [-0.25, -0.2) is 0 Å². The second-order valence-corrected chi connectivity index (χ2v) is 6.37. The average molecular weight is 303 g/mol. The molecule has 3 nitrogen and oxygen atoms in total. The van der Waals surface area contributed by atoms with Crippen molar-refractivity contribution in [3.05, 3.63) is 34.9 Å². The minimum absolute atomic E-state index is 0.0631. The molecule has 1 amide bonds. The van der Waals surface area contributed by atoms with Crippen molar-refractivity contribution in [3.63, 3.8) is 0 Å². The Bertz CT molecular complexity index is 574. The third kappa shape index (κ3) is 4.03. The van der Waals surface area contributed by atoms with Crippen molar-refractivity contribution in [2.24, 2.45) is 0 Å². The van der Waals surface area contributed by atoms with Crippen LogP contribution >= 0.6 is 11.8 Å². The predicted molar refractivity (Wildman–Crippen MR) is 87.6 cm³/mol. The van der Waals surface area contributed by atoms with Crippen LogP contribution in [0, 0.1) is 18.8 Å². The molecule has 1 saturated carbocycles. The third-order valence-electron chi connectivity index (χ3n) is 3.79. The van der Waals surface area contributed by atoms with Crippen LogP contribution in [0.1, 0.15) is 40.7 Å². The summed E-state index contributed by atoms with van der Waals surface area (Å²) in [5.41, 5.74) is 2.30. The lowest BCUT2D eigenvalue weighted by Gasteiger charge is -2.19. The van der Waals surface area contributed by atoms with Gasteiger partial charge in [0.05, 0.1) is 5.56 Å². The highest BCUT2D eigenvalue weighted by Crippen LogP contribution is 2.28. The van der Waals surface area contributed by atoms with Crippen LogP contribution in [0.4, 0.5) is 0 Å². The van der Waals surface area contributed by atoms with E-state index in [9.17, 15) is 4.79 Å². The fraction of sp³-hybridized carbons (Fsp3) is 0.471. The molecule has 1 aliphatic carbocycles. The number of benzene rings is 1. The molecule has 0 heterocycles. The lowest BCUT2D eigenvalue weighted by Crippen LogP contribution is -2.38. The SMILES string of the molecule is CSC1CCCC1NC(=O)c1cc(C)ccc1C#CCO. The molecule has 0 bridgehead atoms. The molecule has 0 aliphatic heterocycles. The Labute approximate surface area is 130 Å². The summed E-state index contributed by atoms with van der Waals surface area (Å²) in [6.07, 6.45) is 5.47. The lowest BCUT2D eigenvalue weighted by molar-refractivity contribution is 0.0938. The molecule has 21 heavy (non-hydrogen) atoms. The van der Waals surface area contributed by atoms with E-state index in [4.69, 9.17) is 5.11 Å². The zero-order valence-corrected chi connectivity index (χ0v) is 13.3. The third-order valence-corrected chi connectivity index (χ3v) is 4.96. The molecule has 4 heteroatoms. The minimum Gasteiger partial charge on any atom is -0.384 e. The van der Waals surface area contributed by atoms with E-state index in [1.165, 1.54) is 6.42 Å². The van der Waals surface area contributed by atoms with Crippen LogP contribution in [0.2, 0.25) is 0 Å². The highest BCUT2D eigenvalue weighted by Gasteiger charge is 2.28. The maximum atomic E-state index is 12.5. The molecule has 1 aliphatic rings. The molecule has 0 spiro atoms. The summed E-state index contributed by atoms with van der Waals surface area (Å²) < 4.78 is 0. The van der Waals surface area contributed by atoms with Gasteiger partial charge in [-0.05, 0) is 38.2 Å². The number of aryl methyl sites for hydroxylation is 1. The maximum absolute atomic E-state index is 12.5. The number of aliphatic hydroxyl groups excluding tert-OH is 1. The van der Waals surface area contributed by atoms with Crippen molar-refractivity contribution in [1.82, 2.24) is 5.32 Å². The van der Waals surface area contributed by atoms with Crippen LogP contribution in [0.25, 0.3) is 0 Å². The van der Waals surface area contributed by atoms with Crippen molar-refractivity contribution < 1.29 is 9.90 Å². The first-order valence-electron chi connectivity index (χ1n) is 7.19. The van der Waals surface area contributed by atoms with Crippen molar-refractivity contribution >= 4 is 17.7 Å². The molecule has 1 fully saturated rings. The Morgan fingerprint density at radius 3 is 3.00 bits per heavy atom. The van der Waals surface area contributed by atoms with Gasteiger partial charge in [0.1, 0.15) is 6.61 Å². The number of amides is 1. The number of rotatable bonds is 3. The monoisotopic (exact) mass is 303 g/mol. The zero-order chi connectivity index (χ0) is 15.2. The normalized spacial score (nSPS) is 20.7. The van der Waals surface area contributed by atoms with E-state index >= 15 is 0 Å². The van der Waals surface area contributed by atoms with Crippen molar-refractivity contribution in [1.29, 1.82) is 0 Å². The van der Waals surface area contributed by atoms with Gasteiger partial charge < -0.3 is 10.4 Å². The van der Waals surface area contributed by atoms with Crippen LogP contribution in [-0.4, -0.2) is 35.2 Å². The number of carbonyl (C=O) groups is 1. The van der Waals surface area contributed by atoms with Gasteiger partial charge in [-0.3, -0.25) is 4.79 Å². The molecule has 0 radical (unpaired) electrons. The van der Waals surface area contributed by atoms with Gasteiger partial charge in [0.15, 0.2) is 0 Å². The molecule has 2 unspecified atom stereocenters. The highest BCUT2D eigenvalue weighted by molar-refractivity contribution is 7.99. The van der Waals surface area contributed by atoms with Gasteiger partial charge in [-0.2, -0.15) is 11.8 Å². The molecule has 1 aromatic carbocycles. The van der Waals surface area contributed by atoms with Crippen molar-refractivity contribution in [2.45, 2.75) is 37.5 Å². The topological polar surface area (TPSA) is 49.3 Å².